The number of amides is 1. The molecule has 1 saturated heterocycles. The van der Waals surface area contributed by atoms with Gasteiger partial charge in [-0.05, 0) is 49.2 Å². The Balaban J connectivity index is 1.44. The number of aromatic nitrogens is 6. The van der Waals surface area contributed by atoms with Crippen LogP contribution in [0.3, 0.4) is 0 Å². The van der Waals surface area contributed by atoms with E-state index in [-0.39, 0.29) is 30.2 Å². The van der Waals surface area contributed by atoms with E-state index >= 15 is 0 Å². The SMILES string of the molecule is COC1CCCN(C(=O)c2ccccc2-n2cnc(Cn3nc(-c4ccc(Cl)cc4)n(CC(O)C(F)(F)F)c3=O)n2)C1. The molecule has 1 fully saturated rings. The fourth-order valence-corrected chi connectivity index (χ4v) is 4.88. The number of para-hydroxylation sites is 1. The summed E-state index contributed by atoms with van der Waals surface area (Å²) >= 11 is 5.94. The average Bonchev–Trinajstić information content (AvgIpc) is 3.57. The summed E-state index contributed by atoms with van der Waals surface area (Å²) in [5.41, 5.74) is 0.295. The average molecular weight is 606 g/mol. The van der Waals surface area contributed by atoms with E-state index in [1.165, 1.54) is 35.3 Å². The van der Waals surface area contributed by atoms with E-state index in [0.29, 0.717) is 34.9 Å². The highest BCUT2D eigenvalue weighted by atomic mass is 35.5. The number of halogens is 4. The molecular formula is C27H27ClF3N7O4. The van der Waals surface area contributed by atoms with Crippen LogP contribution in [0.1, 0.15) is 29.0 Å². The lowest BCUT2D eigenvalue weighted by Gasteiger charge is -2.32. The van der Waals surface area contributed by atoms with Crippen molar-refractivity contribution >= 4 is 17.5 Å². The zero-order valence-corrected chi connectivity index (χ0v) is 23.2. The predicted molar refractivity (Wildman–Crippen MR) is 145 cm³/mol. The van der Waals surface area contributed by atoms with Gasteiger partial charge in [-0.25, -0.2) is 19.1 Å². The molecule has 1 amide bonds. The van der Waals surface area contributed by atoms with Gasteiger partial charge in [0.05, 0.1) is 23.9 Å². The molecule has 2 atom stereocenters. The number of carbonyl (C=O) groups is 1. The maximum atomic E-state index is 13.4. The van der Waals surface area contributed by atoms with E-state index < -0.39 is 24.5 Å². The van der Waals surface area contributed by atoms with E-state index in [9.17, 15) is 27.9 Å². The number of hydrogen-bond donors (Lipinski definition) is 1. The van der Waals surface area contributed by atoms with Crippen LogP contribution in [0.5, 0.6) is 0 Å². The summed E-state index contributed by atoms with van der Waals surface area (Å²) in [4.78, 5) is 32.5. The summed E-state index contributed by atoms with van der Waals surface area (Å²) in [7, 11) is 1.62. The fraction of sp³-hybridized carbons (Fsp3) is 0.370. The molecule has 0 spiro atoms. The normalized spacial score (nSPS) is 16.5. The minimum Gasteiger partial charge on any atom is -0.382 e. The second-order valence-corrected chi connectivity index (χ2v) is 10.2. The molecule has 2 unspecified atom stereocenters. The fourth-order valence-electron chi connectivity index (χ4n) is 4.76. The number of likely N-dealkylation sites (tertiary alicyclic amines) is 1. The molecule has 5 rings (SSSR count). The lowest BCUT2D eigenvalue weighted by molar-refractivity contribution is -0.207. The molecule has 1 aliphatic rings. The monoisotopic (exact) mass is 605 g/mol. The van der Waals surface area contributed by atoms with Gasteiger partial charge in [-0.1, -0.05) is 23.7 Å². The molecule has 2 aromatic carbocycles. The molecular weight excluding hydrogens is 579 g/mol. The van der Waals surface area contributed by atoms with E-state index in [2.05, 4.69) is 15.2 Å². The number of aliphatic hydroxyl groups is 1. The molecule has 42 heavy (non-hydrogen) atoms. The Bertz CT molecular complexity index is 1620. The topological polar surface area (TPSA) is 120 Å². The van der Waals surface area contributed by atoms with Gasteiger partial charge in [0.25, 0.3) is 5.91 Å². The molecule has 0 aliphatic carbocycles. The smallest absolute Gasteiger partial charge is 0.382 e. The Kier molecular flexibility index (Phi) is 8.48. The number of aliphatic hydroxyl groups excluding tert-OH is 1. The number of alkyl halides is 3. The van der Waals surface area contributed by atoms with Gasteiger partial charge in [0.15, 0.2) is 17.8 Å². The molecule has 1 N–H and O–H groups in total. The summed E-state index contributed by atoms with van der Waals surface area (Å²) in [5.74, 6) is -0.151. The predicted octanol–water partition coefficient (Wildman–Crippen LogP) is 3.17. The molecule has 3 heterocycles. The first-order chi connectivity index (χ1) is 20.0. The van der Waals surface area contributed by atoms with Crippen molar-refractivity contribution in [3.8, 4) is 17.1 Å². The van der Waals surface area contributed by atoms with Crippen molar-refractivity contribution in [2.75, 3.05) is 20.2 Å². The maximum Gasteiger partial charge on any atom is 0.416 e. The van der Waals surface area contributed by atoms with Gasteiger partial charge in [-0.2, -0.15) is 13.2 Å². The van der Waals surface area contributed by atoms with Crippen LogP contribution in [0.2, 0.25) is 5.02 Å². The second kappa shape index (κ2) is 12.1. The molecule has 0 radical (unpaired) electrons. The first-order valence-corrected chi connectivity index (χ1v) is 13.4. The third-order valence-electron chi connectivity index (χ3n) is 6.97. The largest absolute Gasteiger partial charge is 0.416 e. The standard InChI is InChI=1S/C27H27ClF3N7O4/c1-42-19-5-4-12-35(13-19)25(40)20-6-2-3-7-21(20)38-16-32-23(33-38)15-37-26(41)36(14-22(39)27(29,30)31)24(34-37)17-8-10-18(28)11-9-17/h2-3,6-11,16,19,22,39H,4-5,12-15H2,1H3. The van der Waals surface area contributed by atoms with Crippen LogP contribution >= 0.6 is 11.6 Å². The highest BCUT2D eigenvalue weighted by Crippen LogP contribution is 2.24. The number of ether oxygens (including phenoxy) is 1. The third kappa shape index (κ3) is 6.25. The number of benzene rings is 2. The lowest BCUT2D eigenvalue weighted by atomic mass is 10.1. The molecule has 0 saturated carbocycles. The number of methoxy groups -OCH3 is 1. The van der Waals surface area contributed by atoms with Crippen molar-refractivity contribution in [2.24, 2.45) is 0 Å². The van der Waals surface area contributed by atoms with E-state index in [1.54, 1.807) is 36.3 Å². The first kappa shape index (κ1) is 29.5. The first-order valence-electron chi connectivity index (χ1n) is 13.1. The zero-order valence-electron chi connectivity index (χ0n) is 22.4. The van der Waals surface area contributed by atoms with Crippen molar-refractivity contribution in [3.63, 3.8) is 0 Å². The molecule has 2 aromatic heterocycles. The van der Waals surface area contributed by atoms with Crippen molar-refractivity contribution in [3.05, 3.63) is 81.8 Å². The quantitative estimate of drug-likeness (QED) is 0.328. The van der Waals surface area contributed by atoms with Crippen LogP contribution in [0.4, 0.5) is 13.2 Å². The molecule has 222 valence electrons. The zero-order chi connectivity index (χ0) is 30.0. The molecule has 1 aliphatic heterocycles. The van der Waals surface area contributed by atoms with Crippen LogP contribution in [-0.4, -0.2) is 83.6 Å². The van der Waals surface area contributed by atoms with Crippen LogP contribution < -0.4 is 5.69 Å². The minimum absolute atomic E-state index is 0.0408. The van der Waals surface area contributed by atoms with Gasteiger partial charge < -0.3 is 14.7 Å². The second-order valence-electron chi connectivity index (χ2n) is 9.81. The van der Waals surface area contributed by atoms with Crippen LogP contribution in [0.15, 0.2) is 59.7 Å². The Labute approximate surface area is 242 Å². The number of hydrogen-bond acceptors (Lipinski definition) is 7. The number of rotatable bonds is 8. The maximum absolute atomic E-state index is 13.4. The Morgan fingerprint density at radius 2 is 1.90 bits per heavy atom. The Hall–Kier alpha value is -4.01. The highest BCUT2D eigenvalue weighted by Gasteiger charge is 2.39. The van der Waals surface area contributed by atoms with Crippen LogP contribution in [0, 0.1) is 0 Å². The van der Waals surface area contributed by atoms with Crippen molar-refractivity contribution in [2.45, 2.75) is 44.3 Å². The summed E-state index contributed by atoms with van der Waals surface area (Å²) in [6, 6.07) is 12.9. The summed E-state index contributed by atoms with van der Waals surface area (Å²) in [5, 5.41) is 18.7. The van der Waals surface area contributed by atoms with Gasteiger partial charge in [0.2, 0.25) is 0 Å². The Morgan fingerprint density at radius 3 is 2.62 bits per heavy atom. The van der Waals surface area contributed by atoms with Gasteiger partial charge >= 0.3 is 11.9 Å². The van der Waals surface area contributed by atoms with E-state index in [1.807, 2.05) is 0 Å². The van der Waals surface area contributed by atoms with Crippen LogP contribution in [0.25, 0.3) is 17.1 Å². The lowest BCUT2D eigenvalue weighted by Crippen LogP contribution is -2.43. The third-order valence-corrected chi connectivity index (χ3v) is 7.22. The van der Waals surface area contributed by atoms with E-state index in [0.717, 1.165) is 22.1 Å². The van der Waals surface area contributed by atoms with Crippen molar-refractivity contribution in [1.29, 1.82) is 0 Å². The van der Waals surface area contributed by atoms with Crippen molar-refractivity contribution < 1.29 is 27.8 Å². The molecule has 15 heteroatoms. The highest BCUT2D eigenvalue weighted by molar-refractivity contribution is 6.30. The molecule has 4 aromatic rings. The molecule has 0 bridgehead atoms. The molecule has 11 nitrogen and oxygen atoms in total. The minimum atomic E-state index is -4.94. The number of carbonyl (C=O) groups excluding carboxylic acids is 1. The number of nitrogens with zero attached hydrogens (tertiary/aromatic N) is 7. The summed E-state index contributed by atoms with van der Waals surface area (Å²) < 4.78 is 48.0. The van der Waals surface area contributed by atoms with Gasteiger partial charge in [-0.15, -0.1) is 10.2 Å². The van der Waals surface area contributed by atoms with Crippen molar-refractivity contribution in [1.82, 2.24) is 34.0 Å². The number of piperidine rings is 1. The van der Waals surface area contributed by atoms with Crippen LogP contribution in [-0.2, 0) is 17.8 Å². The Morgan fingerprint density at radius 1 is 1.17 bits per heavy atom. The summed E-state index contributed by atoms with van der Waals surface area (Å²) in [6.07, 6.45) is -4.70. The van der Waals surface area contributed by atoms with Gasteiger partial charge in [0.1, 0.15) is 12.9 Å². The van der Waals surface area contributed by atoms with E-state index in [4.69, 9.17) is 16.3 Å². The van der Waals surface area contributed by atoms with Gasteiger partial charge in [-0.3, -0.25) is 9.36 Å². The summed E-state index contributed by atoms with van der Waals surface area (Å²) in [6.45, 7) is -0.269. The van der Waals surface area contributed by atoms with Gasteiger partial charge in [0, 0.05) is 30.8 Å².